The first-order chi connectivity index (χ1) is 16.9. The summed E-state index contributed by atoms with van der Waals surface area (Å²) >= 11 is 0. The molecule has 12 nitrogen and oxygen atoms in total. The molecular weight excluding hydrogens is 470 g/mol. The van der Waals surface area contributed by atoms with E-state index in [4.69, 9.17) is 11.5 Å². The maximum absolute atomic E-state index is 13.4. The number of aliphatic carboxylic acids is 1. The zero-order valence-electron chi connectivity index (χ0n) is 20.5. The summed E-state index contributed by atoms with van der Waals surface area (Å²) in [7, 11) is 0. The molecule has 12 heteroatoms. The van der Waals surface area contributed by atoms with Crippen molar-refractivity contribution in [3.05, 3.63) is 29.8 Å². The maximum atomic E-state index is 13.4. The molecule has 1 heterocycles. The number of nitrogens with one attached hydrogen (secondary N) is 2. The highest BCUT2D eigenvalue weighted by Gasteiger charge is 2.39. The van der Waals surface area contributed by atoms with Crippen molar-refractivity contribution in [3.8, 4) is 5.75 Å². The third-order valence-corrected chi connectivity index (χ3v) is 6.36. The van der Waals surface area contributed by atoms with E-state index in [9.17, 15) is 34.2 Å². The predicted octanol–water partition coefficient (Wildman–Crippen LogP) is -0.771. The fourth-order valence-corrected chi connectivity index (χ4v) is 4.09. The first-order valence-electron chi connectivity index (χ1n) is 11.9. The number of phenols is 1. The van der Waals surface area contributed by atoms with Crippen LogP contribution in [0.5, 0.6) is 5.75 Å². The summed E-state index contributed by atoms with van der Waals surface area (Å²) in [6.07, 6.45) is 0.980. The number of hydrogen-bond acceptors (Lipinski definition) is 7. The molecule has 1 aromatic carbocycles. The zero-order valence-corrected chi connectivity index (χ0v) is 20.5. The molecule has 1 aromatic rings. The lowest BCUT2D eigenvalue weighted by atomic mass is 9.96. The minimum atomic E-state index is -1.24. The Balaban J connectivity index is 2.28. The molecule has 0 spiro atoms. The van der Waals surface area contributed by atoms with E-state index in [1.807, 2.05) is 6.92 Å². The second-order valence-electron chi connectivity index (χ2n) is 9.11. The van der Waals surface area contributed by atoms with Gasteiger partial charge in [-0.2, -0.15) is 0 Å². The molecule has 5 atom stereocenters. The summed E-state index contributed by atoms with van der Waals surface area (Å²) in [5, 5.41) is 24.3. The second kappa shape index (κ2) is 12.9. The number of primary amides is 1. The van der Waals surface area contributed by atoms with Crippen molar-refractivity contribution in [2.45, 2.75) is 70.1 Å². The second-order valence-corrected chi connectivity index (χ2v) is 9.11. The van der Waals surface area contributed by atoms with Crippen molar-refractivity contribution in [2.75, 3.05) is 6.54 Å². The number of rotatable bonds is 12. The van der Waals surface area contributed by atoms with Gasteiger partial charge < -0.3 is 37.2 Å². The molecule has 5 unspecified atom stereocenters. The van der Waals surface area contributed by atoms with Crippen LogP contribution < -0.4 is 22.1 Å². The van der Waals surface area contributed by atoms with Crippen LogP contribution in [0, 0.1) is 5.92 Å². The number of likely N-dealkylation sites (tertiary alicyclic amines) is 1. The van der Waals surface area contributed by atoms with Crippen LogP contribution in [0.25, 0.3) is 0 Å². The van der Waals surface area contributed by atoms with Gasteiger partial charge in [0.05, 0.1) is 12.5 Å². The van der Waals surface area contributed by atoms with Crippen LogP contribution in [-0.2, 0) is 30.4 Å². The van der Waals surface area contributed by atoms with Crippen molar-refractivity contribution >= 4 is 29.6 Å². The average molecular weight is 506 g/mol. The van der Waals surface area contributed by atoms with Crippen molar-refractivity contribution in [3.63, 3.8) is 0 Å². The van der Waals surface area contributed by atoms with E-state index in [0.29, 0.717) is 24.8 Å². The van der Waals surface area contributed by atoms with Gasteiger partial charge in [-0.15, -0.1) is 0 Å². The normalized spacial score (nSPS) is 18.5. The van der Waals surface area contributed by atoms with E-state index in [1.54, 1.807) is 19.1 Å². The van der Waals surface area contributed by atoms with Gasteiger partial charge in [-0.1, -0.05) is 32.4 Å². The summed E-state index contributed by atoms with van der Waals surface area (Å²) in [5.74, 6) is -4.14. The van der Waals surface area contributed by atoms with Gasteiger partial charge in [-0.3, -0.25) is 19.2 Å². The summed E-state index contributed by atoms with van der Waals surface area (Å²) < 4.78 is 0. The van der Waals surface area contributed by atoms with Crippen LogP contribution >= 0.6 is 0 Å². The number of benzene rings is 1. The maximum Gasteiger partial charge on any atom is 0.326 e. The third kappa shape index (κ3) is 7.67. The smallest absolute Gasteiger partial charge is 0.326 e. The van der Waals surface area contributed by atoms with Gasteiger partial charge in [0.25, 0.3) is 0 Å². The van der Waals surface area contributed by atoms with E-state index in [-0.39, 0.29) is 24.6 Å². The summed E-state index contributed by atoms with van der Waals surface area (Å²) in [5.41, 5.74) is 11.5. The molecule has 36 heavy (non-hydrogen) atoms. The molecule has 0 bridgehead atoms. The summed E-state index contributed by atoms with van der Waals surface area (Å²) in [6, 6.07) is 1.66. The third-order valence-electron chi connectivity index (χ3n) is 6.36. The van der Waals surface area contributed by atoms with Crippen molar-refractivity contribution in [1.29, 1.82) is 0 Å². The molecule has 8 N–H and O–H groups in total. The molecule has 0 radical (unpaired) electrons. The SMILES string of the molecule is CCC(C)C(NC(=O)C(N)CC(N)=O)C(=O)NC(Cc1ccc(O)cc1)C(=O)N1CCCC1C(=O)O. The quantitative estimate of drug-likeness (QED) is 0.212. The fourth-order valence-electron chi connectivity index (χ4n) is 4.09. The molecule has 1 aliphatic heterocycles. The zero-order chi connectivity index (χ0) is 27.0. The van der Waals surface area contributed by atoms with Crippen LogP contribution in [0.2, 0.25) is 0 Å². The molecule has 0 saturated carbocycles. The number of phenolic OH excluding ortho intramolecular Hbond substituents is 1. The number of aromatic hydroxyl groups is 1. The largest absolute Gasteiger partial charge is 0.508 e. The number of carboxylic acid groups (broad SMARTS) is 1. The van der Waals surface area contributed by atoms with Crippen LogP contribution in [0.1, 0.15) is 45.1 Å². The minimum Gasteiger partial charge on any atom is -0.508 e. The van der Waals surface area contributed by atoms with Gasteiger partial charge in [0.1, 0.15) is 23.9 Å². The summed E-state index contributed by atoms with van der Waals surface area (Å²) in [4.78, 5) is 63.3. The summed E-state index contributed by atoms with van der Waals surface area (Å²) in [6.45, 7) is 3.80. The Labute approximate surface area is 209 Å². The Morgan fingerprint density at radius 3 is 2.31 bits per heavy atom. The van der Waals surface area contributed by atoms with Crippen molar-refractivity contribution < 1.29 is 34.2 Å². The van der Waals surface area contributed by atoms with E-state index in [2.05, 4.69) is 10.6 Å². The van der Waals surface area contributed by atoms with Gasteiger partial charge in [-0.25, -0.2) is 4.79 Å². The van der Waals surface area contributed by atoms with E-state index < -0.39 is 60.2 Å². The molecule has 4 amide bonds. The van der Waals surface area contributed by atoms with Gasteiger partial charge in [0, 0.05) is 13.0 Å². The van der Waals surface area contributed by atoms with E-state index >= 15 is 0 Å². The highest BCUT2D eigenvalue weighted by Crippen LogP contribution is 2.21. The number of carbonyl (C=O) groups is 5. The topological polar surface area (TPSA) is 205 Å². The lowest BCUT2D eigenvalue weighted by Gasteiger charge is -2.30. The number of carboxylic acids is 1. The first kappa shape index (κ1) is 28.6. The lowest BCUT2D eigenvalue weighted by Crippen LogP contribution is -2.59. The van der Waals surface area contributed by atoms with Gasteiger partial charge >= 0.3 is 5.97 Å². The first-order valence-corrected chi connectivity index (χ1v) is 11.9. The Hall–Kier alpha value is -3.67. The Morgan fingerprint density at radius 2 is 1.75 bits per heavy atom. The molecule has 1 saturated heterocycles. The van der Waals surface area contributed by atoms with Crippen molar-refractivity contribution in [2.24, 2.45) is 17.4 Å². The minimum absolute atomic E-state index is 0.0305. The van der Waals surface area contributed by atoms with Crippen LogP contribution in [0.3, 0.4) is 0 Å². The predicted molar refractivity (Wildman–Crippen MR) is 129 cm³/mol. The van der Waals surface area contributed by atoms with Crippen LogP contribution in [0.15, 0.2) is 24.3 Å². The number of nitrogens with two attached hydrogens (primary N) is 2. The van der Waals surface area contributed by atoms with E-state index in [1.165, 1.54) is 17.0 Å². The molecule has 2 rings (SSSR count). The molecule has 1 aliphatic rings. The highest BCUT2D eigenvalue weighted by atomic mass is 16.4. The molecule has 1 fully saturated rings. The van der Waals surface area contributed by atoms with Crippen molar-refractivity contribution in [1.82, 2.24) is 15.5 Å². The average Bonchev–Trinajstić information content (AvgIpc) is 3.32. The molecular formula is C24H35N5O7. The van der Waals surface area contributed by atoms with Crippen LogP contribution in [-0.4, -0.2) is 75.4 Å². The van der Waals surface area contributed by atoms with Gasteiger partial charge in [-0.05, 0) is 36.5 Å². The Kier molecular flexibility index (Phi) is 10.2. The lowest BCUT2D eigenvalue weighted by molar-refractivity contribution is -0.149. The Bertz CT molecular complexity index is 968. The molecule has 0 aliphatic carbocycles. The number of carbonyl (C=O) groups excluding carboxylic acids is 4. The molecule has 0 aromatic heterocycles. The number of nitrogens with zero attached hydrogens (tertiary/aromatic N) is 1. The van der Waals surface area contributed by atoms with E-state index in [0.717, 1.165) is 0 Å². The van der Waals surface area contributed by atoms with Gasteiger partial charge in [0.15, 0.2) is 0 Å². The van der Waals surface area contributed by atoms with Crippen LogP contribution in [0.4, 0.5) is 0 Å². The Morgan fingerprint density at radius 1 is 1.11 bits per heavy atom. The number of hydrogen-bond donors (Lipinski definition) is 6. The standard InChI is InChI=1S/C24H35N5O7/c1-3-13(2)20(28-21(32)16(25)12-19(26)31)22(33)27-17(11-14-6-8-15(30)9-7-14)23(34)29-10-4-5-18(29)24(35)36/h6-9,13,16-18,20,30H,3-5,10-12,25H2,1-2H3,(H2,26,31)(H,27,33)(H,28,32)(H,35,36). The fraction of sp³-hybridized carbons (Fsp3) is 0.542. The highest BCUT2D eigenvalue weighted by molar-refractivity contribution is 5.95. The number of amides is 4. The molecule has 198 valence electrons. The van der Waals surface area contributed by atoms with Gasteiger partial charge in [0.2, 0.25) is 23.6 Å². The monoisotopic (exact) mass is 505 g/mol.